The molecule has 18 heteroatoms. The summed E-state index contributed by atoms with van der Waals surface area (Å²) in [7, 11) is -2.49. The van der Waals surface area contributed by atoms with Crippen molar-refractivity contribution in [1.82, 2.24) is 0 Å². The van der Waals surface area contributed by atoms with E-state index in [1.165, 1.54) is 22.3 Å². The molecule has 0 bridgehead atoms. The van der Waals surface area contributed by atoms with E-state index >= 15 is 0 Å². The summed E-state index contributed by atoms with van der Waals surface area (Å²) in [6.45, 7) is 32.5. The summed E-state index contributed by atoms with van der Waals surface area (Å²) in [5, 5.41) is 27.6. The van der Waals surface area contributed by atoms with Gasteiger partial charge in [-0.15, -0.1) is 18.4 Å². The van der Waals surface area contributed by atoms with Crippen LogP contribution in [0.25, 0.3) is 0 Å². The van der Waals surface area contributed by atoms with Gasteiger partial charge in [-0.3, -0.25) is 0 Å². The fourth-order valence-electron chi connectivity index (χ4n) is 7.95. The van der Waals surface area contributed by atoms with Crippen LogP contribution >= 0.6 is 63.7 Å². The molecule has 0 aliphatic carbocycles. The average Bonchev–Trinajstić information content (AvgIpc) is 0.891. The van der Waals surface area contributed by atoms with Gasteiger partial charge in [-0.25, -0.2) is 14.4 Å². The molecule has 100 heavy (non-hydrogen) atoms. The fourth-order valence-corrected chi connectivity index (χ4v) is 10.6. The zero-order valence-corrected chi connectivity index (χ0v) is 68.4. The van der Waals surface area contributed by atoms with Gasteiger partial charge in [0.15, 0.2) is 25.7 Å². The van der Waals surface area contributed by atoms with Crippen LogP contribution in [0.2, 0.25) is 39.3 Å². The Labute approximate surface area is 656 Å². The van der Waals surface area contributed by atoms with Crippen LogP contribution < -0.4 is 18.9 Å². The van der Waals surface area contributed by atoms with E-state index in [1.54, 1.807) is 63.2 Å². The van der Waals surface area contributed by atoms with Crippen LogP contribution in [0.1, 0.15) is 142 Å². The molecule has 0 aliphatic heterocycles. The van der Waals surface area contributed by atoms with E-state index in [2.05, 4.69) is 182 Å². The molecule has 8 aromatic carbocycles. The zero-order valence-electron chi connectivity index (χ0n) is 61.0. The number of esters is 3. The van der Waals surface area contributed by atoms with Gasteiger partial charge in [0.2, 0.25) is 0 Å². The molecule has 0 amide bonds. The maximum Gasteiger partial charge on any atom is 1.00 e. The first-order valence-corrected chi connectivity index (χ1v) is 42.1. The third kappa shape index (κ3) is 37.6. The predicted octanol–water partition coefficient (Wildman–Crippen LogP) is 15.7. The van der Waals surface area contributed by atoms with E-state index in [1.807, 2.05) is 113 Å². The third-order valence-electron chi connectivity index (χ3n) is 13.7. The predicted molar refractivity (Wildman–Crippen MR) is 433 cm³/mol. The van der Waals surface area contributed by atoms with Crippen molar-refractivity contribution >= 4 is 115 Å². The summed E-state index contributed by atoms with van der Waals surface area (Å²) in [5.41, 5.74) is 20.9. The largest absolute Gasteiger partial charge is 1.00 e. The second-order valence-corrected chi connectivity index (χ2v) is 36.5. The maximum atomic E-state index is 11.6. The first kappa shape index (κ1) is 93.7. The normalized spacial score (nSPS) is 9.84. The number of carbonyl (C=O) groups is 3. The molecule has 0 atom stereocenters. The Kier molecular flexibility index (Phi) is 47.0. The van der Waals surface area contributed by atoms with Crippen LogP contribution in [-0.2, 0) is 50.4 Å². The Morgan fingerprint density at radius 1 is 0.430 bits per heavy atom. The number of rotatable bonds is 13. The van der Waals surface area contributed by atoms with Crippen molar-refractivity contribution in [2.45, 2.75) is 133 Å². The van der Waals surface area contributed by atoms with Crippen molar-refractivity contribution in [2.75, 3.05) is 19.8 Å². The standard InChI is InChI=1S/C19H17BrO2.C19H18O3.C11H17BrOSi.C10H11BrO2.C10H10O.C8H9BrO.C5H10Si.Al.Li.4H/c2*1-3-22-19(21)17-9-6-15(7-10-17)4-5-16-8-11-18(13-20)14(2)12-16;1-9-7-11(12)6-5-10(9)8-13-14(2,3)4;1-3-13-10(12)9-5-4-8(11)6-7(9)2;1-3-9-4-5-10(7-11)8(2)6-9;1-6-4-8(9)3-2-7(6)5-10;1-5-6(2,3)4;;;;;;/h6-12H,3,13H2,1-2H3;6-12,20H,3,13H2,1-2H3;5-7H,8H2,1-4H3;4-6H,3H2,1-2H3;1,4-6,11H,7H2,2H3;2-4,10H,5H2,1H3;1H,2-4H3;;;;;;/q;;;;;;;;+1;;;;-1. The van der Waals surface area contributed by atoms with E-state index < -0.39 is 16.4 Å². The molecular formula is C82H96AlBr4LiO10Si2. The second-order valence-electron chi connectivity index (χ2n) is 23.9. The first-order valence-electron chi connectivity index (χ1n) is 31.7. The minimum Gasteiger partial charge on any atom is -1.00 e. The maximum absolute atomic E-state index is 11.6. The second kappa shape index (κ2) is 50.2. The summed E-state index contributed by atoms with van der Waals surface area (Å²) in [4.78, 5) is 34.5. The van der Waals surface area contributed by atoms with Gasteiger partial charge in [0.05, 0.1) is 62.9 Å². The van der Waals surface area contributed by atoms with Crippen molar-refractivity contribution in [3.05, 3.63) is 277 Å². The number of aryl methyl sites for hydroxylation is 6. The summed E-state index contributed by atoms with van der Waals surface area (Å²) in [6.07, 6.45) is 10.3. The van der Waals surface area contributed by atoms with Crippen LogP contribution in [0, 0.1) is 89.5 Å². The zero-order chi connectivity index (χ0) is 73.5. The Morgan fingerprint density at radius 3 is 1.05 bits per heavy atom. The number of aliphatic hydroxyl groups excluding tert-OH is 3. The smallest absolute Gasteiger partial charge is 1.00 e. The van der Waals surface area contributed by atoms with Crippen LogP contribution in [0.5, 0.6) is 0 Å². The molecule has 3 N–H and O–H groups in total. The van der Waals surface area contributed by atoms with Gasteiger partial charge in [0.25, 0.3) is 0 Å². The van der Waals surface area contributed by atoms with Crippen molar-refractivity contribution in [1.29, 1.82) is 0 Å². The molecule has 0 aromatic heterocycles. The Balaban J connectivity index is 0. The Hall–Kier alpha value is -6.27. The number of benzene rings is 8. The SMILES string of the molecule is C#C[Si](C)(C)C.C#Cc1ccc(CO)c(C)c1.CCOC(=O)c1ccc(Br)cc1C.CCOC(=O)c1ccc(C#Cc2ccc(CBr)c(C)c2)cc1.CCOC(=O)c1ccc(C#Cc2ccc(CO)c(C)c2)cc1.Cc1cc(Br)ccc1CO.Cc1cc(Br)ccc1CO[Si](C)(C)C.[AlH3].[H-].[Li+]. The van der Waals surface area contributed by atoms with E-state index in [0.29, 0.717) is 36.5 Å². The fraction of sp³-hybridized carbons (Fsp3) is 0.280. The molecule has 0 saturated carbocycles. The topological polar surface area (TPSA) is 149 Å². The van der Waals surface area contributed by atoms with E-state index in [0.717, 1.165) is 92.1 Å². The molecule has 0 spiro atoms. The summed E-state index contributed by atoms with van der Waals surface area (Å²) < 4.78 is 23.8. The molecule has 0 saturated heterocycles. The van der Waals surface area contributed by atoms with E-state index in [-0.39, 0.29) is 75.4 Å². The number of ether oxygens (including phenoxy) is 3. The summed E-state index contributed by atoms with van der Waals surface area (Å²) in [5.74, 6) is 14.0. The summed E-state index contributed by atoms with van der Waals surface area (Å²) >= 11 is 13.6. The van der Waals surface area contributed by atoms with Crippen molar-refractivity contribution in [2.24, 2.45) is 0 Å². The molecule has 0 heterocycles. The number of terminal acetylenes is 2. The number of carbonyl (C=O) groups excluding carboxylic acids is 3. The van der Waals surface area contributed by atoms with Gasteiger partial charge in [0.1, 0.15) is 8.07 Å². The number of hydrogen-bond donors (Lipinski definition) is 3. The Bertz CT molecular complexity index is 3970. The van der Waals surface area contributed by atoms with Crippen molar-refractivity contribution in [3.8, 4) is 48.0 Å². The minimum atomic E-state index is -1.39. The van der Waals surface area contributed by atoms with Crippen LogP contribution in [0.3, 0.4) is 0 Å². The van der Waals surface area contributed by atoms with Gasteiger partial charge >= 0.3 is 36.8 Å². The number of hydrogen-bond acceptors (Lipinski definition) is 10. The monoisotopic (exact) mass is 1650 g/mol. The average molecular weight is 1650 g/mol. The Morgan fingerprint density at radius 2 is 0.730 bits per heavy atom. The van der Waals surface area contributed by atoms with E-state index in [4.69, 9.17) is 46.8 Å². The van der Waals surface area contributed by atoms with Gasteiger partial charge in [0, 0.05) is 46.6 Å². The molecule has 524 valence electrons. The molecule has 8 rings (SSSR count). The number of alkyl halides is 1. The van der Waals surface area contributed by atoms with Gasteiger partial charge in [-0.2, -0.15) is 0 Å². The summed E-state index contributed by atoms with van der Waals surface area (Å²) in [6, 6.07) is 49.3. The van der Waals surface area contributed by atoms with Crippen LogP contribution in [0.4, 0.5) is 0 Å². The van der Waals surface area contributed by atoms with Crippen LogP contribution in [0.15, 0.2) is 171 Å². The quantitative estimate of drug-likeness (QED) is 0.0335. The van der Waals surface area contributed by atoms with Crippen molar-refractivity contribution in [3.63, 3.8) is 0 Å². The first-order chi connectivity index (χ1) is 46.4. The minimum absolute atomic E-state index is 0. The third-order valence-corrected chi connectivity index (χ3v) is 17.7. The van der Waals surface area contributed by atoms with E-state index in [9.17, 15) is 14.4 Å². The van der Waals surface area contributed by atoms with Crippen molar-refractivity contribution < 1.29 is 68.6 Å². The van der Waals surface area contributed by atoms with Crippen LogP contribution in [-0.4, -0.2) is 86.8 Å². The van der Waals surface area contributed by atoms with Gasteiger partial charge in [-0.05, 0) is 271 Å². The molecule has 0 radical (unpaired) electrons. The number of halogens is 4. The van der Waals surface area contributed by atoms with Gasteiger partial charge < -0.3 is 35.4 Å². The molecule has 0 fully saturated rings. The molecule has 0 unspecified atom stereocenters. The molecular weight excluding hydrogens is 1550 g/mol. The number of aliphatic hydroxyl groups is 3. The molecule has 0 aliphatic rings. The van der Waals surface area contributed by atoms with Gasteiger partial charge in [-0.1, -0.05) is 143 Å². The molecule has 8 aromatic rings. The molecule has 10 nitrogen and oxygen atoms in total.